The summed E-state index contributed by atoms with van der Waals surface area (Å²) in [6, 6.07) is 13.8. The normalized spacial score (nSPS) is 11.0. The summed E-state index contributed by atoms with van der Waals surface area (Å²) in [5.41, 5.74) is 1.61. The Bertz CT molecular complexity index is 754. The summed E-state index contributed by atoms with van der Waals surface area (Å²) in [6.45, 7) is 0. The van der Waals surface area contributed by atoms with Crippen LogP contribution in [-0.2, 0) is 10.0 Å². The van der Waals surface area contributed by atoms with Gasteiger partial charge in [0.2, 0.25) is 10.0 Å². The summed E-state index contributed by atoms with van der Waals surface area (Å²) >= 11 is 1.61. The molecule has 0 atom stereocenters. The lowest BCUT2D eigenvalue weighted by atomic mass is 10.2. The maximum atomic E-state index is 12.1. The smallest absolute Gasteiger partial charge is 0.255 e. The number of hydrogen-bond donors (Lipinski definition) is 2. The van der Waals surface area contributed by atoms with Gasteiger partial charge in [0.15, 0.2) is 0 Å². The predicted octanol–water partition coefficient (Wildman–Crippen LogP) is 3.03. The summed E-state index contributed by atoms with van der Waals surface area (Å²) in [7, 11) is -3.30. The van der Waals surface area contributed by atoms with Crippen LogP contribution in [-0.4, -0.2) is 26.8 Å². The van der Waals surface area contributed by atoms with Gasteiger partial charge in [0.25, 0.3) is 5.91 Å². The molecule has 0 aliphatic heterocycles. The molecule has 0 bridgehead atoms. The molecule has 0 spiro atoms. The number of benzene rings is 2. The third kappa shape index (κ3) is 4.78. The lowest BCUT2D eigenvalue weighted by molar-refractivity contribution is 0.102. The molecule has 0 saturated heterocycles. The van der Waals surface area contributed by atoms with Crippen LogP contribution in [0.25, 0.3) is 0 Å². The molecule has 7 heteroatoms. The molecule has 2 aromatic carbocycles. The number of carbonyl (C=O) groups is 1. The number of hydrogen-bond acceptors (Lipinski definition) is 4. The SMILES string of the molecule is CSc1ccc(C(=O)Nc2ccc(NS(C)(=O)=O)cc2)cc1. The zero-order chi connectivity index (χ0) is 16.2. The lowest BCUT2D eigenvalue weighted by Gasteiger charge is -2.08. The first-order valence-electron chi connectivity index (χ1n) is 6.40. The second-order valence-electron chi connectivity index (χ2n) is 4.63. The molecular formula is C15H16N2O3S2. The topological polar surface area (TPSA) is 75.3 Å². The average molecular weight is 336 g/mol. The number of amides is 1. The van der Waals surface area contributed by atoms with Crippen LogP contribution in [0.5, 0.6) is 0 Å². The average Bonchev–Trinajstić information content (AvgIpc) is 2.48. The molecule has 0 fully saturated rings. The Kier molecular flexibility index (Phi) is 5.10. The molecule has 1 amide bonds. The molecule has 116 valence electrons. The van der Waals surface area contributed by atoms with Gasteiger partial charge in [0.05, 0.1) is 6.26 Å². The van der Waals surface area contributed by atoms with E-state index in [0.29, 0.717) is 16.9 Å². The number of nitrogens with one attached hydrogen (secondary N) is 2. The van der Waals surface area contributed by atoms with E-state index in [0.717, 1.165) is 11.2 Å². The summed E-state index contributed by atoms with van der Waals surface area (Å²) < 4.78 is 24.6. The van der Waals surface area contributed by atoms with Crippen molar-refractivity contribution in [2.75, 3.05) is 22.6 Å². The molecule has 5 nitrogen and oxygen atoms in total. The predicted molar refractivity (Wildman–Crippen MR) is 91.1 cm³/mol. The molecule has 2 aromatic rings. The van der Waals surface area contributed by atoms with E-state index in [1.54, 1.807) is 48.2 Å². The van der Waals surface area contributed by atoms with Crippen molar-refractivity contribution in [3.05, 3.63) is 54.1 Å². The van der Waals surface area contributed by atoms with Crippen LogP contribution in [0.1, 0.15) is 10.4 Å². The third-order valence-corrected chi connectivity index (χ3v) is 4.15. The Morgan fingerprint density at radius 2 is 1.50 bits per heavy atom. The highest BCUT2D eigenvalue weighted by atomic mass is 32.2. The fraction of sp³-hybridized carbons (Fsp3) is 0.133. The van der Waals surface area contributed by atoms with Gasteiger partial charge in [-0.1, -0.05) is 0 Å². The van der Waals surface area contributed by atoms with Gasteiger partial charge >= 0.3 is 0 Å². The Morgan fingerprint density at radius 3 is 2.00 bits per heavy atom. The van der Waals surface area contributed by atoms with Gasteiger partial charge in [-0.3, -0.25) is 9.52 Å². The zero-order valence-electron chi connectivity index (χ0n) is 12.2. The van der Waals surface area contributed by atoms with Crippen molar-refractivity contribution < 1.29 is 13.2 Å². The fourth-order valence-corrected chi connectivity index (χ4v) is 2.75. The van der Waals surface area contributed by atoms with Gasteiger partial charge in [-0.2, -0.15) is 0 Å². The van der Waals surface area contributed by atoms with E-state index >= 15 is 0 Å². The number of sulfonamides is 1. The first kappa shape index (κ1) is 16.4. The van der Waals surface area contributed by atoms with Gasteiger partial charge in [0.1, 0.15) is 0 Å². The van der Waals surface area contributed by atoms with E-state index in [2.05, 4.69) is 10.0 Å². The second kappa shape index (κ2) is 6.85. The van der Waals surface area contributed by atoms with Gasteiger partial charge in [-0.15, -0.1) is 11.8 Å². The summed E-state index contributed by atoms with van der Waals surface area (Å²) in [5, 5.41) is 2.76. The van der Waals surface area contributed by atoms with Crippen molar-refractivity contribution >= 4 is 39.1 Å². The van der Waals surface area contributed by atoms with Crippen LogP contribution >= 0.6 is 11.8 Å². The largest absolute Gasteiger partial charge is 0.322 e. The second-order valence-corrected chi connectivity index (χ2v) is 7.26. The van der Waals surface area contributed by atoms with Crippen LogP contribution in [0.4, 0.5) is 11.4 Å². The van der Waals surface area contributed by atoms with Crippen LogP contribution in [0.15, 0.2) is 53.4 Å². The van der Waals surface area contributed by atoms with Crippen molar-refractivity contribution in [2.45, 2.75) is 4.90 Å². The van der Waals surface area contributed by atoms with E-state index < -0.39 is 10.0 Å². The van der Waals surface area contributed by atoms with Crippen molar-refractivity contribution in [3.8, 4) is 0 Å². The van der Waals surface area contributed by atoms with Gasteiger partial charge in [-0.05, 0) is 54.8 Å². The number of anilines is 2. The maximum Gasteiger partial charge on any atom is 0.255 e. The molecule has 0 heterocycles. The molecule has 0 saturated carbocycles. The minimum Gasteiger partial charge on any atom is -0.322 e. The van der Waals surface area contributed by atoms with E-state index in [1.165, 1.54) is 0 Å². The van der Waals surface area contributed by atoms with E-state index in [9.17, 15) is 13.2 Å². The van der Waals surface area contributed by atoms with Crippen LogP contribution < -0.4 is 10.0 Å². The minimum absolute atomic E-state index is 0.212. The first-order valence-corrected chi connectivity index (χ1v) is 9.52. The van der Waals surface area contributed by atoms with Gasteiger partial charge < -0.3 is 5.32 Å². The molecule has 0 unspecified atom stereocenters. The van der Waals surface area contributed by atoms with Crippen LogP contribution in [0.2, 0.25) is 0 Å². The number of thioether (sulfide) groups is 1. The van der Waals surface area contributed by atoms with E-state index in [1.807, 2.05) is 18.4 Å². The van der Waals surface area contributed by atoms with Crippen LogP contribution in [0.3, 0.4) is 0 Å². The van der Waals surface area contributed by atoms with Crippen molar-refractivity contribution in [1.82, 2.24) is 0 Å². The fourth-order valence-electron chi connectivity index (χ4n) is 1.78. The summed E-state index contributed by atoms with van der Waals surface area (Å²) in [5.74, 6) is -0.212. The molecule has 0 radical (unpaired) electrons. The standard InChI is InChI=1S/C15H16N2O3S2/c1-21-14-9-3-11(4-10-14)15(18)16-12-5-7-13(8-6-12)17-22(2,19)20/h3-10,17H,1-2H3,(H,16,18). The highest BCUT2D eigenvalue weighted by Crippen LogP contribution is 2.17. The Hall–Kier alpha value is -1.99. The van der Waals surface area contributed by atoms with Crippen molar-refractivity contribution in [2.24, 2.45) is 0 Å². The van der Waals surface area contributed by atoms with E-state index in [-0.39, 0.29) is 5.91 Å². The molecular weight excluding hydrogens is 320 g/mol. The Morgan fingerprint density at radius 1 is 0.955 bits per heavy atom. The molecule has 2 N–H and O–H groups in total. The highest BCUT2D eigenvalue weighted by molar-refractivity contribution is 7.98. The summed E-state index contributed by atoms with van der Waals surface area (Å²) in [4.78, 5) is 13.2. The minimum atomic E-state index is -3.30. The Labute approximate surface area is 134 Å². The molecule has 22 heavy (non-hydrogen) atoms. The molecule has 0 aromatic heterocycles. The van der Waals surface area contributed by atoms with Crippen molar-refractivity contribution in [3.63, 3.8) is 0 Å². The van der Waals surface area contributed by atoms with Gasteiger partial charge in [-0.25, -0.2) is 8.42 Å². The Balaban J connectivity index is 2.05. The highest BCUT2D eigenvalue weighted by Gasteiger charge is 2.07. The zero-order valence-corrected chi connectivity index (χ0v) is 13.8. The van der Waals surface area contributed by atoms with Crippen LogP contribution in [0, 0.1) is 0 Å². The molecule has 0 aliphatic rings. The monoisotopic (exact) mass is 336 g/mol. The molecule has 2 rings (SSSR count). The number of carbonyl (C=O) groups excluding carboxylic acids is 1. The third-order valence-electron chi connectivity index (χ3n) is 2.80. The van der Waals surface area contributed by atoms with E-state index in [4.69, 9.17) is 0 Å². The van der Waals surface area contributed by atoms with Gasteiger partial charge in [0, 0.05) is 21.8 Å². The summed E-state index contributed by atoms with van der Waals surface area (Å²) in [6.07, 6.45) is 3.06. The lowest BCUT2D eigenvalue weighted by Crippen LogP contribution is -2.12. The molecule has 0 aliphatic carbocycles. The quantitative estimate of drug-likeness (QED) is 0.823. The first-order chi connectivity index (χ1) is 10.4. The maximum absolute atomic E-state index is 12.1. The number of rotatable bonds is 5. The van der Waals surface area contributed by atoms with Crippen molar-refractivity contribution in [1.29, 1.82) is 0 Å².